The van der Waals surface area contributed by atoms with Gasteiger partial charge in [0.05, 0.1) is 16.3 Å². The average molecular weight is 386 g/mol. The van der Waals surface area contributed by atoms with Gasteiger partial charge in [0.15, 0.2) is 0 Å². The maximum atomic E-state index is 12.9. The second kappa shape index (κ2) is 7.28. The summed E-state index contributed by atoms with van der Waals surface area (Å²) in [4.78, 5) is 13.1. The molecular weight excluding hydrogens is 367 g/mol. The Hall–Kier alpha value is -2.06. The summed E-state index contributed by atoms with van der Waals surface area (Å²) < 4.78 is 38.8. The lowest BCUT2D eigenvalue weighted by Gasteiger charge is -2.33. The van der Waals surface area contributed by atoms with E-state index >= 15 is 0 Å². The molecule has 0 aliphatic carbocycles. The van der Waals surface area contributed by atoms with E-state index < -0.39 is 11.7 Å². The van der Waals surface area contributed by atoms with Crippen molar-refractivity contribution in [1.82, 2.24) is 14.9 Å². The van der Waals surface area contributed by atoms with Crippen LogP contribution < -0.4 is 10.2 Å². The first-order valence-electron chi connectivity index (χ1n) is 8.15. The lowest BCUT2D eigenvalue weighted by molar-refractivity contribution is -0.137. The third-order valence-corrected chi connectivity index (χ3v) is 4.54. The molecule has 0 amide bonds. The lowest BCUT2D eigenvalue weighted by atomic mass is 10.2. The second-order valence-electron chi connectivity index (χ2n) is 6.30. The highest BCUT2D eigenvalue weighted by atomic mass is 35.5. The Labute approximate surface area is 154 Å². The van der Waals surface area contributed by atoms with Gasteiger partial charge in [-0.05, 0) is 32.2 Å². The van der Waals surface area contributed by atoms with E-state index in [2.05, 4.69) is 32.1 Å². The molecule has 9 heteroatoms. The van der Waals surface area contributed by atoms with Crippen LogP contribution in [0.3, 0.4) is 0 Å². The zero-order chi connectivity index (χ0) is 18.9. The van der Waals surface area contributed by atoms with Gasteiger partial charge in [0.2, 0.25) is 5.95 Å². The van der Waals surface area contributed by atoms with E-state index in [4.69, 9.17) is 11.6 Å². The minimum atomic E-state index is -4.44. The molecule has 0 unspecified atom stereocenters. The molecule has 1 aliphatic heterocycles. The Morgan fingerprint density at radius 1 is 1.08 bits per heavy atom. The van der Waals surface area contributed by atoms with Crippen molar-refractivity contribution in [2.45, 2.75) is 13.1 Å². The molecule has 0 saturated carbocycles. The Bertz CT molecular complexity index is 788. The summed E-state index contributed by atoms with van der Waals surface area (Å²) in [6, 6.07) is 4.98. The van der Waals surface area contributed by atoms with E-state index in [1.807, 2.05) is 13.0 Å². The van der Waals surface area contributed by atoms with E-state index in [1.54, 1.807) is 0 Å². The number of likely N-dealkylation sites (N-methyl/N-ethyl adjacent to an activating group) is 1. The molecule has 3 rings (SSSR count). The molecule has 140 valence electrons. The molecule has 0 radical (unpaired) electrons. The smallest absolute Gasteiger partial charge is 0.354 e. The molecule has 1 fully saturated rings. The van der Waals surface area contributed by atoms with Crippen molar-refractivity contribution in [1.29, 1.82) is 0 Å². The Morgan fingerprint density at radius 3 is 2.42 bits per heavy atom. The topological polar surface area (TPSA) is 44.3 Å². The first kappa shape index (κ1) is 18.7. The molecule has 2 aromatic rings. The van der Waals surface area contributed by atoms with Crippen molar-refractivity contribution in [2.75, 3.05) is 43.4 Å². The van der Waals surface area contributed by atoms with Gasteiger partial charge in [0, 0.05) is 37.9 Å². The number of anilines is 3. The minimum absolute atomic E-state index is 0.122. The summed E-state index contributed by atoms with van der Waals surface area (Å²) in [5.74, 6) is 0.969. The van der Waals surface area contributed by atoms with Crippen LogP contribution in [0.4, 0.5) is 30.6 Å². The van der Waals surface area contributed by atoms with Crippen LogP contribution in [0.15, 0.2) is 24.3 Å². The summed E-state index contributed by atoms with van der Waals surface area (Å²) in [5.41, 5.74) is 0.0623. The maximum absolute atomic E-state index is 12.9. The van der Waals surface area contributed by atoms with Crippen LogP contribution in [-0.4, -0.2) is 48.1 Å². The SMILES string of the molecule is Cc1cc(N2CCN(C)CC2)nc(Nc2cc(C(F)(F)F)ccc2Cl)n1. The van der Waals surface area contributed by atoms with Crippen LogP contribution in [0.1, 0.15) is 11.3 Å². The van der Waals surface area contributed by atoms with E-state index in [1.165, 1.54) is 6.07 Å². The average Bonchev–Trinajstić information content (AvgIpc) is 2.56. The number of benzene rings is 1. The molecule has 0 atom stereocenters. The van der Waals surface area contributed by atoms with E-state index in [0.717, 1.165) is 49.8 Å². The molecule has 0 spiro atoms. The fourth-order valence-electron chi connectivity index (χ4n) is 2.72. The highest BCUT2D eigenvalue weighted by molar-refractivity contribution is 6.33. The number of alkyl halides is 3. The predicted molar refractivity (Wildman–Crippen MR) is 96.2 cm³/mol. The van der Waals surface area contributed by atoms with Gasteiger partial charge in [0.25, 0.3) is 0 Å². The lowest BCUT2D eigenvalue weighted by Crippen LogP contribution is -2.44. The molecule has 1 N–H and O–H groups in total. The Balaban J connectivity index is 1.86. The second-order valence-corrected chi connectivity index (χ2v) is 6.71. The molecule has 5 nitrogen and oxygen atoms in total. The third-order valence-electron chi connectivity index (χ3n) is 4.21. The summed E-state index contributed by atoms with van der Waals surface area (Å²) in [6.45, 7) is 5.32. The third kappa shape index (κ3) is 4.37. The zero-order valence-corrected chi connectivity index (χ0v) is 15.2. The van der Waals surface area contributed by atoms with Crippen molar-refractivity contribution >= 4 is 29.1 Å². The normalized spacial score (nSPS) is 16.0. The van der Waals surface area contributed by atoms with Crippen LogP contribution in [0.25, 0.3) is 0 Å². The van der Waals surface area contributed by atoms with Crippen LogP contribution in [-0.2, 0) is 6.18 Å². The fourth-order valence-corrected chi connectivity index (χ4v) is 2.89. The zero-order valence-electron chi connectivity index (χ0n) is 14.4. The van der Waals surface area contributed by atoms with Crippen molar-refractivity contribution in [2.24, 2.45) is 0 Å². The van der Waals surface area contributed by atoms with E-state index in [9.17, 15) is 13.2 Å². The number of halogens is 4. The Morgan fingerprint density at radius 2 is 1.77 bits per heavy atom. The number of nitrogens with one attached hydrogen (secondary N) is 1. The van der Waals surface area contributed by atoms with E-state index in [0.29, 0.717) is 0 Å². The number of hydrogen-bond donors (Lipinski definition) is 1. The predicted octanol–water partition coefficient (Wildman–Crippen LogP) is 3.95. The highest BCUT2D eigenvalue weighted by Crippen LogP contribution is 2.34. The molecule has 1 aromatic carbocycles. The quantitative estimate of drug-likeness (QED) is 0.866. The monoisotopic (exact) mass is 385 g/mol. The molecule has 0 bridgehead atoms. The van der Waals surface area contributed by atoms with Gasteiger partial charge in [-0.3, -0.25) is 0 Å². The first-order valence-corrected chi connectivity index (χ1v) is 8.53. The van der Waals surface area contributed by atoms with Crippen molar-refractivity contribution in [3.05, 3.63) is 40.5 Å². The van der Waals surface area contributed by atoms with Crippen LogP contribution in [0.2, 0.25) is 5.02 Å². The van der Waals surface area contributed by atoms with Crippen LogP contribution >= 0.6 is 11.6 Å². The molecule has 1 saturated heterocycles. The Kier molecular flexibility index (Phi) is 5.24. The summed E-state index contributed by atoms with van der Waals surface area (Å²) in [6.07, 6.45) is -4.44. The molecular formula is C17H19ClF3N5. The molecule has 2 heterocycles. The van der Waals surface area contributed by atoms with Gasteiger partial charge in [-0.25, -0.2) is 4.98 Å². The van der Waals surface area contributed by atoms with E-state index in [-0.39, 0.29) is 16.7 Å². The van der Waals surface area contributed by atoms with Gasteiger partial charge >= 0.3 is 6.18 Å². The van der Waals surface area contributed by atoms with Crippen LogP contribution in [0.5, 0.6) is 0 Å². The van der Waals surface area contributed by atoms with Crippen LogP contribution in [0, 0.1) is 6.92 Å². The number of aromatic nitrogens is 2. The number of hydrogen-bond acceptors (Lipinski definition) is 5. The summed E-state index contributed by atoms with van der Waals surface area (Å²) in [5, 5.41) is 2.99. The fraction of sp³-hybridized carbons (Fsp3) is 0.412. The van der Waals surface area contributed by atoms with Gasteiger partial charge in [-0.15, -0.1) is 0 Å². The molecule has 1 aliphatic rings. The summed E-state index contributed by atoms with van der Waals surface area (Å²) in [7, 11) is 2.06. The van der Waals surface area contributed by atoms with Gasteiger partial charge in [-0.2, -0.15) is 18.2 Å². The number of rotatable bonds is 3. The maximum Gasteiger partial charge on any atom is 0.416 e. The standard InChI is InChI=1S/C17H19ClF3N5/c1-11-9-15(26-7-5-25(2)6-8-26)24-16(22-11)23-14-10-12(17(19,20)21)3-4-13(14)18/h3-4,9-10H,5-8H2,1-2H3,(H,22,23,24). The number of piperazine rings is 1. The van der Waals surface area contributed by atoms with Crippen molar-refractivity contribution < 1.29 is 13.2 Å². The van der Waals surface area contributed by atoms with Gasteiger partial charge in [0.1, 0.15) is 5.82 Å². The summed E-state index contributed by atoms with van der Waals surface area (Å²) >= 11 is 6.04. The van der Waals surface area contributed by atoms with Crippen molar-refractivity contribution in [3.8, 4) is 0 Å². The van der Waals surface area contributed by atoms with Gasteiger partial charge in [-0.1, -0.05) is 11.6 Å². The molecule has 26 heavy (non-hydrogen) atoms. The van der Waals surface area contributed by atoms with Crippen molar-refractivity contribution in [3.63, 3.8) is 0 Å². The first-order chi connectivity index (χ1) is 12.2. The number of nitrogens with zero attached hydrogens (tertiary/aromatic N) is 4. The van der Waals surface area contributed by atoms with Gasteiger partial charge < -0.3 is 15.1 Å². The largest absolute Gasteiger partial charge is 0.416 e. The minimum Gasteiger partial charge on any atom is -0.354 e. The number of aryl methyl sites for hydroxylation is 1. The highest BCUT2D eigenvalue weighted by Gasteiger charge is 2.31. The molecule has 1 aromatic heterocycles.